The lowest BCUT2D eigenvalue weighted by molar-refractivity contribution is -0.124. The summed E-state index contributed by atoms with van der Waals surface area (Å²) in [5, 5.41) is 2.74. The fourth-order valence-corrected chi connectivity index (χ4v) is 1.15. The third kappa shape index (κ3) is 3.86. The number of aromatic nitrogens is 1. The predicted molar refractivity (Wildman–Crippen MR) is 62.3 cm³/mol. The molecule has 1 amide bonds. The van der Waals surface area contributed by atoms with Crippen LogP contribution in [0.5, 0.6) is 0 Å². The van der Waals surface area contributed by atoms with Crippen LogP contribution in [0, 0.1) is 5.92 Å². The Bertz CT molecular complexity index is 399. The van der Waals surface area contributed by atoms with Crippen LogP contribution < -0.4 is 5.32 Å². The molecule has 0 aromatic carbocycles. The Labute approximate surface area is 100 Å². The number of hydrogen-bond donors (Lipinski definition) is 1. The zero-order chi connectivity index (χ0) is 12.8. The van der Waals surface area contributed by atoms with E-state index in [9.17, 15) is 9.59 Å². The van der Waals surface area contributed by atoms with Crippen molar-refractivity contribution in [2.24, 2.45) is 5.92 Å². The van der Waals surface area contributed by atoms with Crippen LogP contribution in [0.2, 0.25) is 0 Å². The molecule has 17 heavy (non-hydrogen) atoms. The average Bonchev–Trinajstić information content (AvgIpc) is 2.35. The highest BCUT2D eigenvalue weighted by Crippen LogP contribution is 2.02. The van der Waals surface area contributed by atoms with Crippen molar-refractivity contribution in [1.82, 2.24) is 10.3 Å². The van der Waals surface area contributed by atoms with E-state index in [1.54, 1.807) is 12.1 Å². The van der Waals surface area contributed by atoms with Crippen molar-refractivity contribution in [3.05, 3.63) is 29.6 Å². The number of amides is 1. The highest BCUT2D eigenvalue weighted by molar-refractivity contribution is 5.88. The Balaban J connectivity index is 2.57. The van der Waals surface area contributed by atoms with Crippen LogP contribution >= 0.6 is 0 Å². The van der Waals surface area contributed by atoms with Crippen LogP contribution in [0.25, 0.3) is 0 Å². The number of pyridine rings is 1. The number of carbonyl (C=O) groups excluding carboxylic acids is 2. The van der Waals surface area contributed by atoms with E-state index in [2.05, 4.69) is 15.0 Å². The first-order valence-electron chi connectivity index (χ1n) is 5.35. The number of nitrogens with one attached hydrogen (secondary N) is 1. The third-order valence-corrected chi connectivity index (χ3v) is 2.21. The summed E-state index contributed by atoms with van der Waals surface area (Å²) in [6, 6.07) is 3.31. The van der Waals surface area contributed by atoms with Gasteiger partial charge in [-0.2, -0.15) is 0 Å². The van der Waals surface area contributed by atoms with E-state index < -0.39 is 5.97 Å². The number of carbonyl (C=O) groups is 2. The normalized spacial score (nSPS) is 10.1. The predicted octanol–water partition coefficient (Wildman–Crippen LogP) is 1.14. The molecule has 0 fully saturated rings. The lowest BCUT2D eigenvalue weighted by Gasteiger charge is -2.07. The molecule has 92 valence electrons. The van der Waals surface area contributed by atoms with Gasteiger partial charge in [0.1, 0.15) is 0 Å². The first kappa shape index (κ1) is 13.2. The third-order valence-electron chi connectivity index (χ3n) is 2.21. The average molecular weight is 236 g/mol. The maximum Gasteiger partial charge on any atom is 0.339 e. The Kier molecular flexibility index (Phi) is 4.63. The number of methoxy groups -OCH3 is 1. The summed E-state index contributed by atoms with van der Waals surface area (Å²) in [4.78, 5) is 26.5. The van der Waals surface area contributed by atoms with Gasteiger partial charge in [-0.05, 0) is 12.1 Å². The highest BCUT2D eigenvalue weighted by Gasteiger charge is 2.08. The Hall–Kier alpha value is -1.91. The number of nitrogens with zero attached hydrogens (tertiary/aromatic N) is 1. The highest BCUT2D eigenvalue weighted by atomic mass is 16.5. The van der Waals surface area contributed by atoms with Crippen molar-refractivity contribution in [1.29, 1.82) is 0 Å². The second kappa shape index (κ2) is 5.98. The molecule has 5 heteroatoms. The number of esters is 1. The molecule has 0 unspecified atom stereocenters. The second-order valence-corrected chi connectivity index (χ2v) is 3.90. The van der Waals surface area contributed by atoms with Gasteiger partial charge in [0.15, 0.2) is 0 Å². The van der Waals surface area contributed by atoms with Crippen molar-refractivity contribution in [2.75, 3.05) is 7.11 Å². The van der Waals surface area contributed by atoms with Crippen LogP contribution in [-0.4, -0.2) is 24.0 Å². The standard InChI is InChI=1S/C12H16N2O3/c1-8(2)11(15)14-7-10-5-4-9(6-13-10)12(16)17-3/h4-6,8H,7H2,1-3H3,(H,14,15). The molecular weight excluding hydrogens is 220 g/mol. The molecular formula is C12H16N2O3. The van der Waals surface area contributed by atoms with Crippen molar-refractivity contribution in [3.63, 3.8) is 0 Å². The van der Waals surface area contributed by atoms with E-state index in [1.807, 2.05) is 13.8 Å². The number of hydrogen-bond acceptors (Lipinski definition) is 4. The number of rotatable bonds is 4. The first-order chi connectivity index (χ1) is 8.04. The molecule has 1 heterocycles. The molecule has 1 aromatic heterocycles. The van der Waals surface area contributed by atoms with Crippen molar-refractivity contribution in [2.45, 2.75) is 20.4 Å². The summed E-state index contributed by atoms with van der Waals surface area (Å²) in [5.41, 5.74) is 1.10. The molecule has 1 rings (SSSR count). The molecule has 0 saturated carbocycles. The van der Waals surface area contributed by atoms with Gasteiger partial charge in [-0.25, -0.2) is 4.79 Å². The summed E-state index contributed by atoms with van der Waals surface area (Å²) in [7, 11) is 1.32. The lowest BCUT2D eigenvalue weighted by atomic mass is 10.2. The van der Waals surface area contributed by atoms with Gasteiger partial charge >= 0.3 is 5.97 Å². The van der Waals surface area contributed by atoms with Gasteiger partial charge < -0.3 is 10.1 Å². The van der Waals surface area contributed by atoms with E-state index in [1.165, 1.54) is 13.3 Å². The van der Waals surface area contributed by atoms with Gasteiger partial charge in [0.25, 0.3) is 0 Å². The summed E-state index contributed by atoms with van der Waals surface area (Å²) in [6.07, 6.45) is 1.43. The minimum atomic E-state index is -0.421. The van der Waals surface area contributed by atoms with Gasteiger partial charge in [0.2, 0.25) is 5.91 Å². The molecule has 0 aliphatic rings. The van der Waals surface area contributed by atoms with E-state index >= 15 is 0 Å². The van der Waals surface area contributed by atoms with Crippen molar-refractivity contribution < 1.29 is 14.3 Å². The Morgan fingerprint density at radius 1 is 1.41 bits per heavy atom. The molecule has 0 aliphatic carbocycles. The van der Waals surface area contributed by atoms with Gasteiger partial charge in [-0.15, -0.1) is 0 Å². The minimum Gasteiger partial charge on any atom is -0.465 e. The first-order valence-corrected chi connectivity index (χ1v) is 5.35. The fourth-order valence-electron chi connectivity index (χ4n) is 1.15. The fraction of sp³-hybridized carbons (Fsp3) is 0.417. The molecule has 0 saturated heterocycles. The van der Waals surface area contributed by atoms with Crippen LogP contribution in [0.3, 0.4) is 0 Å². The van der Waals surface area contributed by atoms with Gasteiger partial charge in [-0.3, -0.25) is 9.78 Å². The lowest BCUT2D eigenvalue weighted by Crippen LogP contribution is -2.27. The van der Waals surface area contributed by atoms with Gasteiger partial charge in [-0.1, -0.05) is 13.8 Å². The molecule has 1 aromatic rings. The van der Waals surface area contributed by atoms with Crippen molar-refractivity contribution in [3.8, 4) is 0 Å². The van der Waals surface area contributed by atoms with Crippen LogP contribution in [0.15, 0.2) is 18.3 Å². The molecule has 5 nitrogen and oxygen atoms in total. The largest absolute Gasteiger partial charge is 0.465 e. The molecule has 1 N–H and O–H groups in total. The van der Waals surface area contributed by atoms with Crippen LogP contribution in [0.4, 0.5) is 0 Å². The Morgan fingerprint density at radius 2 is 2.12 bits per heavy atom. The maximum absolute atomic E-state index is 11.3. The summed E-state index contributed by atoms with van der Waals surface area (Å²) in [5.74, 6) is -0.497. The minimum absolute atomic E-state index is 0.0242. The zero-order valence-electron chi connectivity index (χ0n) is 10.2. The van der Waals surface area contributed by atoms with Crippen molar-refractivity contribution >= 4 is 11.9 Å². The quantitative estimate of drug-likeness (QED) is 0.796. The summed E-state index contributed by atoms with van der Waals surface area (Å²) in [6.45, 7) is 4.00. The second-order valence-electron chi connectivity index (χ2n) is 3.90. The Morgan fingerprint density at radius 3 is 2.59 bits per heavy atom. The van der Waals surface area contributed by atoms with Gasteiger partial charge in [0.05, 0.1) is 24.9 Å². The van der Waals surface area contributed by atoms with E-state index in [4.69, 9.17) is 0 Å². The SMILES string of the molecule is COC(=O)c1ccc(CNC(=O)C(C)C)nc1. The monoisotopic (exact) mass is 236 g/mol. The van der Waals surface area contributed by atoms with Crippen LogP contribution in [0.1, 0.15) is 29.9 Å². The van der Waals surface area contributed by atoms with E-state index in [0.717, 1.165) is 0 Å². The molecule has 0 atom stereocenters. The summed E-state index contributed by atoms with van der Waals surface area (Å²) >= 11 is 0. The molecule has 0 radical (unpaired) electrons. The molecule has 0 bridgehead atoms. The van der Waals surface area contributed by atoms with Gasteiger partial charge in [0, 0.05) is 12.1 Å². The zero-order valence-corrected chi connectivity index (χ0v) is 10.2. The molecule has 0 spiro atoms. The number of ether oxygens (including phenoxy) is 1. The van der Waals surface area contributed by atoms with E-state index in [-0.39, 0.29) is 11.8 Å². The van der Waals surface area contributed by atoms with Crippen LogP contribution in [-0.2, 0) is 16.1 Å². The topological polar surface area (TPSA) is 68.3 Å². The summed E-state index contributed by atoms with van der Waals surface area (Å²) < 4.78 is 4.56. The maximum atomic E-state index is 11.3. The molecule has 0 aliphatic heterocycles. The van der Waals surface area contributed by atoms with E-state index in [0.29, 0.717) is 17.8 Å². The smallest absolute Gasteiger partial charge is 0.339 e.